The number of rotatable bonds is 9. The zero-order chi connectivity index (χ0) is 12.3. The molecule has 0 aliphatic heterocycles. The van der Waals surface area contributed by atoms with Crippen molar-refractivity contribution in [3.8, 4) is 0 Å². The second-order valence-electron chi connectivity index (χ2n) is 3.74. The molecule has 0 atom stereocenters. The number of aromatic nitrogens is 2. The summed E-state index contributed by atoms with van der Waals surface area (Å²) in [6.45, 7) is 5.96. The molecule has 1 N–H and O–H groups in total. The summed E-state index contributed by atoms with van der Waals surface area (Å²) in [4.78, 5) is 11.3. The normalized spacial score (nSPS) is 10.6. The maximum Gasteiger partial charge on any atom is 0.266 e. The SMILES string of the molecule is CCOCCCCNCCn1ncccc1=O. The quantitative estimate of drug-likeness (QED) is 0.643. The molecule has 96 valence electrons. The molecule has 0 unspecified atom stereocenters. The van der Waals surface area contributed by atoms with Crippen LogP contribution in [0.5, 0.6) is 0 Å². The fourth-order valence-corrected chi connectivity index (χ4v) is 1.46. The highest BCUT2D eigenvalue weighted by Gasteiger charge is 1.94. The average molecular weight is 239 g/mol. The van der Waals surface area contributed by atoms with Crippen molar-refractivity contribution in [2.75, 3.05) is 26.3 Å². The van der Waals surface area contributed by atoms with Gasteiger partial charge < -0.3 is 10.1 Å². The summed E-state index contributed by atoms with van der Waals surface area (Å²) in [6, 6.07) is 3.18. The second-order valence-corrected chi connectivity index (χ2v) is 3.74. The minimum absolute atomic E-state index is 0.0503. The molecule has 0 aliphatic carbocycles. The van der Waals surface area contributed by atoms with Crippen LogP contribution in [0.15, 0.2) is 23.1 Å². The number of nitrogens with one attached hydrogen (secondary N) is 1. The van der Waals surface area contributed by atoms with Gasteiger partial charge in [0.2, 0.25) is 0 Å². The molecule has 0 bridgehead atoms. The molecule has 5 heteroatoms. The lowest BCUT2D eigenvalue weighted by Gasteiger charge is -2.06. The number of ether oxygens (including phenoxy) is 1. The van der Waals surface area contributed by atoms with Crippen molar-refractivity contribution in [2.45, 2.75) is 26.3 Å². The Morgan fingerprint density at radius 1 is 1.41 bits per heavy atom. The summed E-state index contributed by atoms with van der Waals surface area (Å²) in [5.41, 5.74) is -0.0503. The molecule has 0 aromatic carbocycles. The lowest BCUT2D eigenvalue weighted by atomic mass is 10.3. The van der Waals surface area contributed by atoms with Crippen molar-refractivity contribution in [2.24, 2.45) is 0 Å². The van der Waals surface area contributed by atoms with Gasteiger partial charge in [-0.3, -0.25) is 4.79 Å². The summed E-state index contributed by atoms with van der Waals surface area (Å²) in [6.07, 6.45) is 3.80. The Hall–Kier alpha value is -1.20. The first-order chi connectivity index (χ1) is 8.34. The van der Waals surface area contributed by atoms with Crippen molar-refractivity contribution >= 4 is 0 Å². The van der Waals surface area contributed by atoms with Crippen LogP contribution in [0.4, 0.5) is 0 Å². The number of hydrogen-bond acceptors (Lipinski definition) is 4. The minimum Gasteiger partial charge on any atom is -0.382 e. The van der Waals surface area contributed by atoms with Gasteiger partial charge in [-0.2, -0.15) is 5.10 Å². The van der Waals surface area contributed by atoms with E-state index in [1.165, 1.54) is 10.7 Å². The third-order valence-corrected chi connectivity index (χ3v) is 2.38. The number of unbranched alkanes of at least 4 members (excludes halogenated alkanes) is 1. The Morgan fingerprint density at radius 3 is 3.06 bits per heavy atom. The van der Waals surface area contributed by atoms with Gasteiger partial charge in [-0.25, -0.2) is 4.68 Å². The highest BCUT2D eigenvalue weighted by molar-refractivity contribution is 4.84. The summed E-state index contributed by atoms with van der Waals surface area (Å²) >= 11 is 0. The minimum atomic E-state index is -0.0503. The second kappa shape index (κ2) is 8.90. The first kappa shape index (κ1) is 13.9. The Labute approximate surface area is 102 Å². The summed E-state index contributed by atoms with van der Waals surface area (Å²) < 4.78 is 6.71. The molecule has 17 heavy (non-hydrogen) atoms. The van der Waals surface area contributed by atoms with Gasteiger partial charge in [0.05, 0.1) is 6.54 Å². The molecular formula is C12H21N3O2. The van der Waals surface area contributed by atoms with Crippen molar-refractivity contribution in [3.63, 3.8) is 0 Å². The molecule has 0 saturated heterocycles. The molecule has 0 radical (unpaired) electrons. The molecule has 0 amide bonds. The van der Waals surface area contributed by atoms with Gasteiger partial charge >= 0.3 is 0 Å². The van der Waals surface area contributed by atoms with Crippen LogP contribution in [0, 0.1) is 0 Å². The van der Waals surface area contributed by atoms with Gasteiger partial charge in [0, 0.05) is 32.0 Å². The number of hydrogen-bond donors (Lipinski definition) is 1. The third kappa shape index (κ3) is 6.19. The van der Waals surface area contributed by atoms with E-state index in [1.54, 1.807) is 12.3 Å². The van der Waals surface area contributed by atoms with Crippen molar-refractivity contribution in [3.05, 3.63) is 28.7 Å². The van der Waals surface area contributed by atoms with Crippen LogP contribution in [-0.4, -0.2) is 36.1 Å². The average Bonchev–Trinajstić information content (AvgIpc) is 2.35. The van der Waals surface area contributed by atoms with E-state index in [0.29, 0.717) is 6.54 Å². The van der Waals surface area contributed by atoms with E-state index < -0.39 is 0 Å². The fourth-order valence-electron chi connectivity index (χ4n) is 1.46. The van der Waals surface area contributed by atoms with Crippen LogP contribution in [0.3, 0.4) is 0 Å². The molecular weight excluding hydrogens is 218 g/mol. The Kier molecular flexibility index (Phi) is 7.25. The zero-order valence-corrected chi connectivity index (χ0v) is 10.4. The molecule has 0 fully saturated rings. The van der Waals surface area contributed by atoms with E-state index in [4.69, 9.17) is 4.74 Å². The van der Waals surface area contributed by atoms with Crippen LogP contribution < -0.4 is 10.9 Å². The van der Waals surface area contributed by atoms with E-state index in [-0.39, 0.29) is 5.56 Å². The van der Waals surface area contributed by atoms with Crippen LogP contribution in [0.2, 0.25) is 0 Å². The van der Waals surface area contributed by atoms with E-state index in [2.05, 4.69) is 10.4 Å². The van der Waals surface area contributed by atoms with E-state index in [0.717, 1.165) is 39.1 Å². The first-order valence-corrected chi connectivity index (χ1v) is 6.15. The molecule has 1 aromatic rings. The van der Waals surface area contributed by atoms with Crippen molar-refractivity contribution in [1.29, 1.82) is 0 Å². The summed E-state index contributed by atoms with van der Waals surface area (Å²) in [5.74, 6) is 0. The smallest absolute Gasteiger partial charge is 0.266 e. The lowest BCUT2D eigenvalue weighted by molar-refractivity contribution is 0.143. The van der Waals surface area contributed by atoms with E-state index in [1.807, 2.05) is 6.92 Å². The van der Waals surface area contributed by atoms with Crippen LogP contribution >= 0.6 is 0 Å². The van der Waals surface area contributed by atoms with Crippen LogP contribution in [-0.2, 0) is 11.3 Å². The van der Waals surface area contributed by atoms with Crippen molar-refractivity contribution in [1.82, 2.24) is 15.1 Å². The summed E-state index contributed by atoms with van der Waals surface area (Å²) in [5, 5.41) is 7.26. The Balaban J connectivity index is 2.01. The third-order valence-electron chi connectivity index (χ3n) is 2.38. The zero-order valence-electron chi connectivity index (χ0n) is 10.4. The maximum atomic E-state index is 11.3. The predicted molar refractivity (Wildman–Crippen MR) is 67.1 cm³/mol. The monoisotopic (exact) mass is 239 g/mol. The van der Waals surface area contributed by atoms with Crippen molar-refractivity contribution < 1.29 is 4.74 Å². The standard InChI is InChI=1S/C12H21N3O2/c1-2-17-11-4-3-7-13-9-10-15-12(16)6-5-8-14-15/h5-6,8,13H,2-4,7,9-11H2,1H3. The molecule has 0 saturated carbocycles. The van der Waals surface area contributed by atoms with Crippen LogP contribution in [0.25, 0.3) is 0 Å². The lowest BCUT2D eigenvalue weighted by Crippen LogP contribution is -2.28. The Bertz CT molecular complexity index is 352. The van der Waals surface area contributed by atoms with Gasteiger partial charge in [0.25, 0.3) is 5.56 Å². The molecule has 1 rings (SSSR count). The largest absolute Gasteiger partial charge is 0.382 e. The van der Waals surface area contributed by atoms with Gasteiger partial charge in [-0.1, -0.05) is 0 Å². The first-order valence-electron chi connectivity index (χ1n) is 6.15. The highest BCUT2D eigenvalue weighted by Crippen LogP contribution is 1.88. The molecule has 1 aromatic heterocycles. The topological polar surface area (TPSA) is 56.1 Å². The molecule has 0 aliphatic rings. The Morgan fingerprint density at radius 2 is 2.29 bits per heavy atom. The van der Waals surface area contributed by atoms with Gasteiger partial charge in [0.1, 0.15) is 0 Å². The van der Waals surface area contributed by atoms with Gasteiger partial charge in [-0.05, 0) is 32.4 Å². The van der Waals surface area contributed by atoms with Gasteiger partial charge in [-0.15, -0.1) is 0 Å². The predicted octanol–water partition coefficient (Wildman–Crippen LogP) is 0.650. The maximum absolute atomic E-state index is 11.3. The fraction of sp³-hybridized carbons (Fsp3) is 0.667. The molecule has 1 heterocycles. The number of nitrogens with zero attached hydrogens (tertiary/aromatic N) is 2. The highest BCUT2D eigenvalue weighted by atomic mass is 16.5. The van der Waals surface area contributed by atoms with E-state index in [9.17, 15) is 4.79 Å². The molecule has 0 spiro atoms. The summed E-state index contributed by atoms with van der Waals surface area (Å²) in [7, 11) is 0. The molecule has 5 nitrogen and oxygen atoms in total. The van der Waals surface area contributed by atoms with Gasteiger partial charge in [0.15, 0.2) is 0 Å². The van der Waals surface area contributed by atoms with E-state index >= 15 is 0 Å². The van der Waals surface area contributed by atoms with Crippen LogP contribution in [0.1, 0.15) is 19.8 Å².